The first-order valence-electron chi connectivity index (χ1n) is 12.2. The van der Waals surface area contributed by atoms with E-state index in [0.29, 0.717) is 24.6 Å². The second kappa shape index (κ2) is 12.3. The summed E-state index contributed by atoms with van der Waals surface area (Å²) in [4.78, 5) is 18.7. The average Bonchev–Trinajstić information content (AvgIpc) is 3.36. The summed E-state index contributed by atoms with van der Waals surface area (Å²) in [6.45, 7) is 5.58. The second-order valence-electron chi connectivity index (χ2n) is 9.22. The normalized spacial score (nSPS) is 16.2. The molecule has 2 heterocycles. The number of ether oxygens (including phenoxy) is 2. The summed E-state index contributed by atoms with van der Waals surface area (Å²) in [7, 11) is 0. The Morgan fingerprint density at radius 2 is 1.83 bits per heavy atom. The van der Waals surface area contributed by atoms with E-state index < -0.39 is 6.10 Å². The Hall–Kier alpha value is -2.94. The fourth-order valence-electron chi connectivity index (χ4n) is 4.34. The van der Waals surface area contributed by atoms with E-state index >= 15 is 0 Å². The highest BCUT2D eigenvalue weighted by molar-refractivity contribution is 7.10. The van der Waals surface area contributed by atoms with Gasteiger partial charge in [-0.3, -0.25) is 9.69 Å². The van der Waals surface area contributed by atoms with Crippen LogP contribution >= 0.6 is 11.3 Å². The van der Waals surface area contributed by atoms with Crippen molar-refractivity contribution in [2.45, 2.75) is 38.5 Å². The van der Waals surface area contributed by atoms with Crippen molar-refractivity contribution in [3.63, 3.8) is 0 Å². The summed E-state index contributed by atoms with van der Waals surface area (Å²) in [5, 5.41) is 12.6. The van der Waals surface area contributed by atoms with Crippen LogP contribution in [0.3, 0.4) is 0 Å². The fourth-order valence-corrected chi connectivity index (χ4v) is 5.26. The molecule has 0 radical (unpaired) electrons. The molecule has 0 unspecified atom stereocenters. The molecule has 1 aromatic heterocycles. The molecule has 1 amide bonds. The van der Waals surface area contributed by atoms with Crippen LogP contribution in [0.2, 0.25) is 0 Å². The average molecular weight is 513 g/mol. The lowest BCUT2D eigenvalue weighted by molar-refractivity contribution is -0.137. The minimum atomic E-state index is -0.733. The zero-order chi connectivity index (χ0) is 25.5. The van der Waals surface area contributed by atoms with Gasteiger partial charge in [-0.2, -0.15) is 0 Å². The van der Waals surface area contributed by atoms with E-state index in [1.807, 2.05) is 59.4 Å². The third-order valence-electron chi connectivity index (χ3n) is 6.34. The number of fused-ring (bicyclic) bond motifs is 1. The first kappa shape index (κ1) is 26.1. The van der Waals surface area contributed by atoms with Gasteiger partial charge in [0.2, 0.25) is 5.91 Å². The number of amides is 1. The van der Waals surface area contributed by atoms with Gasteiger partial charge in [-0.25, -0.2) is 4.39 Å². The monoisotopic (exact) mass is 512 g/mol. The van der Waals surface area contributed by atoms with Crippen molar-refractivity contribution >= 4 is 17.2 Å². The summed E-state index contributed by atoms with van der Waals surface area (Å²) in [5.41, 5.74) is 1.11. The van der Waals surface area contributed by atoms with Crippen molar-refractivity contribution in [2.24, 2.45) is 0 Å². The zero-order valence-electron chi connectivity index (χ0n) is 20.7. The van der Waals surface area contributed by atoms with Crippen LogP contribution in [-0.2, 0) is 11.2 Å². The predicted molar refractivity (Wildman–Crippen MR) is 139 cm³/mol. The highest BCUT2D eigenvalue weighted by Crippen LogP contribution is 2.34. The Morgan fingerprint density at radius 1 is 1.11 bits per heavy atom. The molecule has 0 aliphatic carbocycles. The molecule has 0 saturated heterocycles. The summed E-state index contributed by atoms with van der Waals surface area (Å²) >= 11 is 1.70. The van der Waals surface area contributed by atoms with E-state index in [2.05, 4.69) is 6.07 Å². The molecule has 36 heavy (non-hydrogen) atoms. The van der Waals surface area contributed by atoms with Crippen LogP contribution in [0.1, 0.15) is 30.3 Å². The predicted octanol–water partition coefficient (Wildman–Crippen LogP) is 4.54. The van der Waals surface area contributed by atoms with Gasteiger partial charge in [-0.1, -0.05) is 18.2 Å². The molecule has 6 nitrogen and oxygen atoms in total. The number of benzene rings is 2. The SMILES string of the molecule is CC(C)N(CC(=O)N1CCc2sccc2[C@@H]1COc1ccc(F)cc1)C[C@H](O)COc1ccccc1. The number of hydrogen-bond acceptors (Lipinski definition) is 6. The summed E-state index contributed by atoms with van der Waals surface area (Å²) in [6.07, 6.45) is 0.0731. The second-order valence-corrected chi connectivity index (χ2v) is 10.2. The third kappa shape index (κ3) is 6.84. The maximum Gasteiger partial charge on any atom is 0.237 e. The maximum absolute atomic E-state index is 13.5. The Labute approximate surface area is 215 Å². The van der Waals surface area contributed by atoms with Crippen molar-refractivity contribution < 1.29 is 23.8 Å². The quantitative estimate of drug-likeness (QED) is 0.409. The highest BCUT2D eigenvalue weighted by atomic mass is 32.1. The molecular weight excluding hydrogens is 479 g/mol. The van der Waals surface area contributed by atoms with Gasteiger partial charge < -0.3 is 19.5 Å². The Balaban J connectivity index is 1.39. The van der Waals surface area contributed by atoms with Crippen LogP contribution in [0.5, 0.6) is 11.5 Å². The number of rotatable bonds is 11. The molecular formula is C28H33FN2O4S. The summed E-state index contributed by atoms with van der Waals surface area (Å²) in [5.74, 6) is 0.940. The van der Waals surface area contributed by atoms with E-state index in [1.165, 1.54) is 17.0 Å². The van der Waals surface area contributed by atoms with Gasteiger partial charge >= 0.3 is 0 Å². The summed E-state index contributed by atoms with van der Waals surface area (Å²) in [6, 6.07) is 17.2. The molecule has 8 heteroatoms. The molecule has 0 saturated carbocycles. The van der Waals surface area contributed by atoms with Gasteiger partial charge in [-0.15, -0.1) is 11.3 Å². The van der Waals surface area contributed by atoms with Crippen molar-refractivity contribution in [1.29, 1.82) is 0 Å². The van der Waals surface area contributed by atoms with Gasteiger partial charge in [0.1, 0.15) is 36.6 Å². The number of carbonyl (C=O) groups excluding carboxylic acids is 1. The molecule has 0 fully saturated rings. The molecule has 192 valence electrons. The molecule has 2 atom stereocenters. The molecule has 1 aliphatic rings. The van der Waals surface area contributed by atoms with E-state index in [4.69, 9.17) is 9.47 Å². The minimum Gasteiger partial charge on any atom is -0.491 e. The van der Waals surface area contributed by atoms with E-state index in [-0.39, 0.29) is 43.6 Å². The fraction of sp³-hybridized carbons (Fsp3) is 0.393. The number of aliphatic hydroxyl groups excluding tert-OH is 1. The van der Waals surface area contributed by atoms with E-state index in [9.17, 15) is 14.3 Å². The minimum absolute atomic E-state index is 0.00978. The Kier molecular flexibility index (Phi) is 8.96. The molecule has 3 aromatic rings. The van der Waals surface area contributed by atoms with Crippen molar-refractivity contribution in [3.05, 3.63) is 82.3 Å². The van der Waals surface area contributed by atoms with Gasteiger partial charge in [-0.05, 0) is 73.7 Å². The van der Waals surface area contributed by atoms with Crippen molar-refractivity contribution in [2.75, 3.05) is 32.8 Å². The number of para-hydroxylation sites is 1. The lowest BCUT2D eigenvalue weighted by Crippen LogP contribution is -2.49. The van der Waals surface area contributed by atoms with Crippen LogP contribution in [0.15, 0.2) is 66.0 Å². The number of carbonyl (C=O) groups is 1. The van der Waals surface area contributed by atoms with Crippen molar-refractivity contribution in [3.8, 4) is 11.5 Å². The molecule has 0 spiro atoms. The first-order chi connectivity index (χ1) is 17.4. The highest BCUT2D eigenvalue weighted by Gasteiger charge is 2.33. The number of halogens is 1. The smallest absolute Gasteiger partial charge is 0.237 e. The molecule has 1 aliphatic heterocycles. The Morgan fingerprint density at radius 3 is 2.56 bits per heavy atom. The Bertz CT molecular complexity index is 1110. The largest absolute Gasteiger partial charge is 0.491 e. The number of hydrogen-bond donors (Lipinski definition) is 1. The van der Waals surface area contributed by atoms with Gasteiger partial charge in [0.15, 0.2) is 0 Å². The molecule has 4 rings (SSSR count). The third-order valence-corrected chi connectivity index (χ3v) is 7.33. The molecule has 2 aromatic carbocycles. The lowest BCUT2D eigenvalue weighted by atomic mass is 10.00. The number of aliphatic hydroxyl groups is 1. The van der Waals surface area contributed by atoms with E-state index in [0.717, 1.165) is 12.0 Å². The van der Waals surface area contributed by atoms with Crippen LogP contribution in [0, 0.1) is 5.82 Å². The first-order valence-corrected chi connectivity index (χ1v) is 13.1. The van der Waals surface area contributed by atoms with Crippen LogP contribution in [-0.4, -0.2) is 65.8 Å². The standard InChI is InChI=1S/C28H33FN2O4S/c1-20(2)30(16-22(32)18-34-23-6-4-3-5-7-23)17-28(33)31-14-12-27-25(13-15-36-27)26(31)19-35-24-10-8-21(29)9-11-24/h3-11,13,15,20,22,26,32H,12,14,16-19H2,1-2H3/t22-,26-/m0/s1. The number of thiophene rings is 1. The molecule has 0 bridgehead atoms. The molecule has 1 N–H and O–H groups in total. The maximum atomic E-state index is 13.5. The van der Waals surface area contributed by atoms with E-state index in [1.54, 1.807) is 23.5 Å². The van der Waals surface area contributed by atoms with Gasteiger partial charge in [0.25, 0.3) is 0 Å². The number of nitrogens with zero attached hydrogens (tertiary/aromatic N) is 2. The van der Waals surface area contributed by atoms with Crippen LogP contribution < -0.4 is 9.47 Å². The lowest BCUT2D eigenvalue weighted by Gasteiger charge is -2.38. The van der Waals surface area contributed by atoms with Crippen LogP contribution in [0.4, 0.5) is 4.39 Å². The summed E-state index contributed by atoms with van der Waals surface area (Å²) < 4.78 is 24.9. The van der Waals surface area contributed by atoms with Crippen LogP contribution in [0.25, 0.3) is 0 Å². The van der Waals surface area contributed by atoms with Crippen molar-refractivity contribution in [1.82, 2.24) is 9.80 Å². The zero-order valence-corrected chi connectivity index (χ0v) is 21.5. The van der Waals surface area contributed by atoms with Gasteiger partial charge in [0.05, 0.1) is 12.6 Å². The van der Waals surface area contributed by atoms with Gasteiger partial charge in [0, 0.05) is 24.0 Å². The topological polar surface area (TPSA) is 62.2 Å².